The molecule has 0 radical (unpaired) electrons. The quantitative estimate of drug-likeness (QED) is 0.402. The Morgan fingerprint density at radius 2 is 1.79 bits per heavy atom. The van der Waals surface area contributed by atoms with Crippen LogP contribution in [0, 0.1) is 6.92 Å². The van der Waals surface area contributed by atoms with E-state index in [1.54, 1.807) is 49.4 Å². The number of nitrogens with zero attached hydrogens (tertiary/aromatic N) is 2. The lowest BCUT2D eigenvalue weighted by atomic mass is 10.1. The van der Waals surface area contributed by atoms with Gasteiger partial charge in [0.1, 0.15) is 12.6 Å². The molecule has 10 heteroatoms. The van der Waals surface area contributed by atoms with Crippen LogP contribution >= 0.6 is 27.5 Å². The molecule has 0 aromatic heterocycles. The number of aryl methyl sites for hydroxylation is 1. The minimum atomic E-state index is -3.77. The number of carbonyl (C=O) groups is 2. The zero-order valence-electron chi connectivity index (χ0n) is 19.8. The Bertz CT molecular complexity index is 1110. The van der Waals surface area contributed by atoms with E-state index in [4.69, 9.17) is 11.6 Å². The highest BCUT2D eigenvalue weighted by Crippen LogP contribution is 2.25. The molecule has 0 saturated heterocycles. The van der Waals surface area contributed by atoms with Crippen molar-refractivity contribution < 1.29 is 18.0 Å². The third-order valence-electron chi connectivity index (χ3n) is 5.37. The molecule has 0 fully saturated rings. The summed E-state index contributed by atoms with van der Waals surface area (Å²) in [6.07, 6.45) is 2.81. The molecule has 186 valence electrons. The second-order valence-corrected chi connectivity index (χ2v) is 11.4. The minimum absolute atomic E-state index is 0.134. The van der Waals surface area contributed by atoms with Crippen molar-refractivity contribution in [1.29, 1.82) is 0 Å². The molecule has 7 nitrogen and oxygen atoms in total. The van der Waals surface area contributed by atoms with E-state index in [0.717, 1.165) is 39.0 Å². The largest absolute Gasteiger partial charge is 0.354 e. The molecule has 2 amide bonds. The van der Waals surface area contributed by atoms with Crippen LogP contribution in [0.1, 0.15) is 37.8 Å². The molecule has 1 N–H and O–H groups in total. The average Bonchev–Trinajstić information content (AvgIpc) is 2.77. The molecular weight excluding hydrogens is 542 g/mol. The number of hydrogen-bond donors (Lipinski definition) is 1. The van der Waals surface area contributed by atoms with Gasteiger partial charge in [0.05, 0.1) is 11.9 Å². The molecule has 0 aliphatic heterocycles. The molecule has 0 aliphatic rings. The molecule has 0 unspecified atom stereocenters. The van der Waals surface area contributed by atoms with Crippen molar-refractivity contribution in [2.45, 2.75) is 46.2 Å². The van der Waals surface area contributed by atoms with Crippen LogP contribution in [-0.2, 0) is 26.2 Å². The van der Waals surface area contributed by atoms with E-state index in [9.17, 15) is 18.0 Å². The average molecular weight is 573 g/mol. The predicted molar refractivity (Wildman–Crippen MR) is 140 cm³/mol. The van der Waals surface area contributed by atoms with Gasteiger partial charge < -0.3 is 10.2 Å². The Morgan fingerprint density at radius 1 is 1.15 bits per heavy atom. The van der Waals surface area contributed by atoms with Crippen molar-refractivity contribution in [2.75, 3.05) is 23.7 Å². The molecular formula is C24H31BrClN3O4S. The molecule has 2 aromatic carbocycles. The van der Waals surface area contributed by atoms with Crippen molar-refractivity contribution in [3.8, 4) is 0 Å². The number of carbonyl (C=O) groups excluding carboxylic acids is 2. The smallest absolute Gasteiger partial charge is 0.244 e. The van der Waals surface area contributed by atoms with Crippen LogP contribution in [0.5, 0.6) is 0 Å². The lowest BCUT2D eigenvalue weighted by Gasteiger charge is -2.31. The number of amides is 2. The Labute approximate surface area is 215 Å². The summed E-state index contributed by atoms with van der Waals surface area (Å²) in [5.74, 6) is -0.778. The summed E-state index contributed by atoms with van der Waals surface area (Å²) in [5, 5.41) is 3.41. The van der Waals surface area contributed by atoms with Crippen molar-refractivity contribution >= 4 is 55.1 Å². The minimum Gasteiger partial charge on any atom is -0.354 e. The first-order chi connectivity index (χ1) is 15.9. The molecule has 1 atom stereocenters. The number of anilines is 1. The van der Waals surface area contributed by atoms with E-state index in [0.29, 0.717) is 17.3 Å². The first-order valence-corrected chi connectivity index (χ1v) is 14.0. The normalized spacial score (nSPS) is 12.2. The fourth-order valence-electron chi connectivity index (χ4n) is 3.30. The van der Waals surface area contributed by atoms with E-state index in [-0.39, 0.29) is 12.5 Å². The van der Waals surface area contributed by atoms with E-state index in [1.165, 1.54) is 4.90 Å². The number of unbranched alkanes of at least 4 members (excludes halogenated alkanes) is 1. The van der Waals surface area contributed by atoms with Crippen molar-refractivity contribution in [3.63, 3.8) is 0 Å². The first-order valence-electron chi connectivity index (χ1n) is 11.0. The number of rotatable bonds is 11. The van der Waals surface area contributed by atoms with Gasteiger partial charge in [-0.25, -0.2) is 8.42 Å². The van der Waals surface area contributed by atoms with E-state index < -0.39 is 28.5 Å². The van der Waals surface area contributed by atoms with Gasteiger partial charge in [0.25, 0.3) is 0 Å². The highest BCUT2D eigenvalue weighted by atomic mass is 79.9. The van der Waals surface area contributed by atoms with Gasteiger partial charge in [-0.2, -0.15) is 0 Å². The van der Waals surface area contributed by atoms with E-state index >= 15 is 0 Å². The van der Waals surface area contributed by atoms with Gasteiger partial charge in [-0.1, -0.05) is 53.0 Å². The topological polar surface area (TPSA) is 86.8 Å². The third kappa shape index (κ3) is 7.99. The molecule has 0 aliphatic carbocycles. The standard InChI is InChI=1S/C24H31BrClN3O4S/c1-5-6-13-27-24(31)18(3)28(15-19-7-9-20(26)10-8-19)23(30)16-29(34(4,32)33)21-11-12-22(25)17(2)14-21/h7-12,14,18H,5-6,13,15-16H2,1-4H3,(H,27,31)/t18-/m1/s1. The van der Waals surface area contributed by atoms with Crippen LogP contribution in [-0.4, -0.2) is 50.5 Å². The molecule has 0 heterocycles. The van der Waals surface area contributed by atoms with Crippen molar-refractivity contribution in [2.24, 2.45) is 0 Å². The van der Waals surface area contributed by atoms with E-state index in [2.05, 4.69) is 21.2 Å². The van der Waals surface area contributed by atoms with Gasteiger partial charge >= 0.3 is 0 Å². The number of halogens is 2. The van der Waals surface area contributed by atoms with E-state index in [1.807, 2.05) is 13.8 Å². The lowest BCUT2D eigenvalue weighted by Crippen LogP contribution is -2.51. The summed E-state index contributed by atoms with van der Waals surface area (Å²) < 4.78 is 27.1. The zero-order chi connectivity index (χ0) is 25.5. The summed E-state index contributed by atoms with van der Waals surface area (Å²) in [4.78, 5) is 27.7. The Kier molecular flexibility index (Phi) is 10.4. The maximum atomic E-state index is 13.5. The first kappa shape index (κ1) is 28.1. The summed E-state index contributed by atoms with van der Waals surface area (Å²) in [7, 11) is -3.77. The monoisotopic (exact) mass is 571 g/mol. The number of hydrogen-bond acceptors (Lipinski definition) is 4. The highest BCUT2D eigenvalue weighted by molar-refractivity contribution is 9.10. The van der Waals surface area contributed by atoms with Crippen LogP contribution in [0.2, 0.25) is 5.02 Å². The second-order valence-electron chi connectivity index (χ2n) is 8.17. The second kappa shape index (κ2) is 12.6. The van der Waals surface area contributed by atoms with Crippen LogP contribution in [0.3, 0.4) is 0 Å². The van der Waals surface area contributed by atoms with Crippen molar-refractivity contribution in [1.82, 2.24) is 10.2 Å². The van der Waals surface area contributed by atoms with Gasteiger partial charge in [0.15, 0.2) is 0 Å². The molecule has 2 aromatic rings. The van der Waals surface area contributed by atoms with Gasteiger partial charge in [0, 0.05) is 22.6 Å². The SMILES string of the molecule is CCCCNC(=O)[C@@H](C)N(Cc1ccc(Cl)cc1)C(=O)CN(c1ccc(Br)c(C)c1)S(C)(=O)=O. The summed E-state index contributed by atoms with van der Waals surface area (Å²) in [6.45, 7) is 5.72. The third-order valence-corrected chi connectivity index (χ3v) is 7.65. The van der Waals surface area contributed by atoms with Crippen LogP contribution in [0.4, 0.5) is 5.69 Å². The maximum absolute atomic E-state index is 13.5. The maximum Gasteiger partial charge on any atom is 0.244 e. The Hall–Kier alpha value is -2.10. The number of nitrogens with one attached hydrogen (secondary N) is 1. The van der Waals surface area contributed by atoms with Gasteiger partial charge in [-0.15, -0.1) is 0 Å². The molecule has 0 bridgehead atoms. The molecule has 0 spiro atoms. The zero-order valence-corrected chi connectivity index (χ0v) is 23.0. The molecule has 0 saturated carbocycles. The van der Waals surface area contributed by atoms with Crippen LogP contribution < -0.4 is 9.62 Å². The fraction of sp³-hybridized carbons (Fsp3) is 0.417. The van der Waals surface area contributed by atoms with Gasteiger partial charge in [0.2, 0.25) is 21.8 Å². The van der Waals surface area contributed by atoms with Gasteiger partial charge in [-0.05, 0) is 61.7 Å². The summed E-state index contributed by atoms with van der Waals surface area (Å²) in [5.41, 5.74) is 1.99. The van der Waals surface area contributed by atoms with Crippen LogP contribution in [0.25, 0.3) is 0 Å². The summed E-state index contributed by atoms with van der Waals surface area (Å²) in [6, 6.07) is 11.2. The lowest BCUT2D eigenvalue weighted by molar-refractivity contribution is -0.139. The highest BCUT2D eigenvalue weighted by Gasteiger charge is 2.30. The molecule has 2 rings (SSSR count). The van der Waals surface area contributed by atoms with Gasteiger partial charge in [-0.3, -0.25) is 13.9 Å². The Balaban J connectivity index is 2.35. The molecule has 34 heavy (non-hydrogen) atoms. The predicted octanol–water partition coefficient (Wildman–Crippen LogP) is 4.51. The fourth-order valence-corrected chi connectivity index (χ4v) is 4.52. The number of benzene rings is 2. The summed E-state index contributed by atoms with van der Waals surface area (Å²) >= 11 is 9.39. The Morgan fingerprint density at radius 3 is 2.35 bits per heavy atom. The number of sulfonamides is 1. The van der Waals surface area contributed by atoms with Crippen LogP contribution in [0.15, 0.2) is 46.9 Å². The van der Waals surface area contributed by atoms with Crippen molar-refractivity contribution in [3.05, 3.63) is 63.1 Å².